The van der Waals surface area contributed by atoms with E-state index in [0.29, 0.717) is 18.8 Å². The van der Waals surface area contributed by atoms with Crippen molar-refractivity contribution < 1.29 is 19.2 Å². The molecule has 0 saturated heterocycles. The molecule has 22 heavy (non-hydrogen) atoms. The predicted octanol–water partition coefficient (Wildman–Crippen LogP) is -0.344. The smallest absolute Gasteiger partial charge is 0.271 e. The first kappa shape index (κ1) is 15.7. The number of carbonyl (C=O) groups excluding carboxylic acids is 2. The zero-order chi connectivity index (χ0) is 16.1. The van der Waals surface area contributed by atoms with Gasteiger partial charge in [0.05, 0.1) is 10.6 Å². The number of hydrogen-bond acceptors (Lipinski definition) is 6. The summed E-state index contributed by atoms with van der Waals surface area (Å²) in [7, 11) is 1.76. The maximum Gasteiger partial charge on any atom is 0.271 e. The molecule has 1 aromatic carbocycles. The number of likely N-dealkylation sites (N-methyl/N-ethyl adjacent to an activating group) is 1. The molecule has 9 heteroatoms. The summed E-state index contributed by atoms with van der Waals surface area (Å²) >= 11 is 0. The Morgan fingerprint density at radius 2 is 2.23 bits per heavy atom. The van der Waals surface area contributed by atoms with Gasteiger partial charge in [0.15, 0.2) is 6.61 Å². The molecule has 0 atom stereocenters. The molecular formula is C13H16N4O5. The number of non-ortho nitro benzene ring substituents is 1. The van der Waals surface area contributed by atoms with Crippen molar-refractivity contribution in [3.05, 3.63) is 28.3 Å². The van der Waals surface area contributed by atoms with Crippen LogP contribution in [0.4, 0.5) is 11.4 Å². The Hall–Kier alpha value is -2.68. The predicted molar refractivity (Wildman–Crippen MR) is 77.9 cm³/mol. The lowest BCUT2D eigenvalue weighted by Crippen LogP contribution is -2.46. The molecule has 1 heterocycles. The number of nitro groups is 1. The molecule has 1 aliphatic rings. The van der Waals surface area contributed by atoms with E-state index in [1.807, 2.05) is 0 Å². The monoisotopic (exact) mass is 308 g/mol. The van der Waals surface area contributed by atoms with Crippen LogP contribution in [0.3, 0.4) is 0 Å². The second kappa shape index (κ2) is 6.85. The van der Waals surface area contributed by atoms with Gasteiger partial charge >= 0.3 is 0 Å². The third-order valence-corrected chi connectivity index (χ3v) is 3.10. The van der Waals surface area contributed by atoms with Gasteiger partial charge in [-0.2, -0.15) is 0 Å². The second-order valence-electron chi connectivity index (χ2n) is 4.63. The van der Waals surface area contributed by atoms with Crippen LogP contribution in [-0.2, 0) is 9.59 Å². The number of nitro benzene ring substituents is 1. The minimum absolute atomic E-state index is 0.169. The van der Waals surface area contributed by atoms with Gasteiger partial charge in [0.1, 0.15) is 12.3 Å². The third-order valence-electron chi connectivity index (χ3n) is 3.10. The third kappa shape index (κ3) is 3.50. The van der Waals surface area contributed by atoms with E-state index in [4.69, 9.17) is 4.74 Å². The quantitative estimate of drug-likeness (QED) is 0.422. The number of ether oxygens (including phenoxy) is 1. The van der Waals surface area contributed by atoms with Crippen LogP contribution in [0.2, 0.25) is 0 Å². The zero-order valence-electron chi connectivity index (χ0n) is 12.0. The summed E-state index contributed by atoms with van der Waals surface area (Å²) in [6.07, 6.45) is 0. The van der Waals surface area contributed by atoms with Crippen LogP contribution in [-0.4, -0.2) is 50.0 Å². The van der Waals surface area contributed by atoms with E-state index >= 15 is 0 Å². The van der Waals surface area contributed by atoms with E-state index in [-0.39, 0.29) is 30.4 Å². The molecule has 0 fully saturated rings. The Balaban J connectivity index is 2.17. The van der Waals surface area contributed by atoms with Crippen LogP contribution < -0.4 is 20.3 Å². The van der Waals surface area contributed by atoms with Crippen LogP contribution in [0.15, 0.2) is 18.2 Å². The first-order valence-corrected chi connectivity index (χ1v) is 6.66. The Morgan fingerprint density at radius 1 is 1.45 bits per heavy atom. The minimum atomic E-state index is -0.565. The molecule has 0 bridgehead atoms. The molecule has 2 amide bonds. The number of rotatable bonds is 6. The van der Waals surface area contributed by atoms with Gasteiger partial charge < -0.3 is 15.4 Å². The number of anilines is 1. The first-order valence-electron chi connectivity index (χ1n) is 6.66. The van der Waals surface area contributed by atoms with Crippen molar-refractivity contribution in [3.63, 3.8) is 0 Å². The summed E-state index contributed by atoms with van der Waals surface area (Å²) in [6.45, 7) is 0.620. The van der Waals surface area contributed by atoms with Gasteiger partial charge in [0.2, 0.25) is 5.91 Å². The maximum atomic E-state index is 11.9. The summed E-state index contributed by atoms with van der Waals surface area (Å²) in [5.41, 5.74) is 0.0619. The van der Waals surface area contributed by atoms with E-state index in [1.54, 1.807) is 7.05 Å². The van der Waals surface area contributed by atoms with Gasteiger partial charge in [-0.25, -0.2) is 0 Å². The lowest BCUT2D eigenvalue weighted by atomic mass is 10.2. The van der Waals surface area contributed by atoms with Gasteiger partial charge in [0.25, 0.3) is 11.6 Å². The fourth-order valence-corrected chi connectivity index (χ4v) is 2.00. The number of nitrogens with zero attached hydrogens (tertiary/aromatic N) is 2. The topological polar surface area (TPSA) is 114 Å². The van der Waals surface area contributed by atoms with Crippen molar-refractivity contribution in [2.45, 2.75) is 0 Å². The average molecular weight is 308 g/mol. The highest BCUT2D eigenvalue weighted by molar-refractivity contribution is 6.02. The summed E-state index contributed by atoms with van der Waals surface area (Å²) in [4.78, 5) is 35.3. The van der Waals surface area contributed by atoms with E-state index in [9.17, 15) is 19.7 Å². The molecule has 0 saturated carbocycles. The largest absolute Gasteiger partial charge is 0.482 e. The summed E-state index contributed by atoms with van der Waals surface area (Å²) in [5, 5.41) is 16.4. The maximum absolute atomic E-state index is 11.9. The van der Waals surface area contributed by atoms with Crippen LogP contribution in [0.5, 0.6) is 5.75 Å². The molecular weight excluding hydrogens is 292 g/mol. The number of amides is 2. The number of fused-ring (bicyclic) bond motifs is 1. The van der Waals surface area contributed by atoms with Crippen LogP contribution in [0, 0.1) is 10.1 Å². The fraction of sp³-hybridized carbons (Fsp3) is 0.385. The Kier molecular flexibility index (Phi) is 4.89. The molecule has 0 radical (unpaired) electrons. The standard InChI is InChI=1S/C13H16N4O5/c1-14-4-5-15-12(18)7-16-10-6-9(17(20)21)2-3-11(10)22-8-13(16)19/h2-3,6,14H,4-5,7-8H2,1H3,(H,15,18). The van der Waals surface area contributed by atoms with Crippen LogP contribution in [0.25, 0.3) is 0 Å². The van der Waals surface area contributed by atoms with Gasteiger partial charge in [-0.1, -0.05) is 0 Å². The van der Waals surface area contributed by atoms with Crippen LogP contribution >= 0.6 is 0 Å². The fourth-order valence-electron chi connectivity index (χ4n) is 2.00. The van der Waals surface area contributed by atoms with E-state index in [0.717, 1.165) is 0 Å². The molecule has 2 N–H and O–H groups in total. The molecule has 0 spiro atoms. The Bertz CT molecular complexity index is 604. The summed E-state index contributed by atoms with van der Waals surface area (Å²) < 4.78 is 5.23. The van der Waals surface area contributed by atoms with Crippen molar-refractivity contribution in [2.24, 2.45) is 0 Å². The van der Waals surface area contributed by atoms with Crippen molar-refractivity contribution in [1.29, 1.82) is 0 Å². The van der Waals surface area contributed by atoms with Gasteiger partial charge in [-0.3, -0.25) is 24.6 Å². The molecule has 118 valence electrons. The molecule has 0 aliphatic carbocycles. The van der Waals surface area contributed by atoms with Crippen molar-refractivity contribution >= 4 is 23.2 Å². The number of carbonyl (C=O) groups is 2. The lowest BCUT2D eigenvalue weighted by molar-refractivity contribution is -0.384. The first-order chi connectivity index (χ1) is 10.5. The van der Waals surface area contributed by atoms with Crippen molar-refractivity contribution in [2.75, 3.05) is 38.2 Å². The Morgan fingerprint density at radius 3 is 2.91 bits per heavy atom. The highest BCUT2D eigenvalue weighted by Crippen LogP contribution is 2.34. The van der Waals surface area contributed by atoms with E-state index < -0.39 is 10.8 Å². The van der Waals surface area contributed by atoms with Crippen molar-refractivity contribution in [3.8, 4) is 5.75 Å². The van der Waals surface area contributed by atoms with Gasteiger partial charge in [-0.15, -0.1) is 0 Å². The van der Waals surface area contributed by atoms with Gasteiger partial charge in [-0.05, 0) is 13.1 Å². The number of benzene rings is 1. The van der Waals surface area contributed by atoms with E-state index in [2.05, 4.69) is 10.6 Å². The molecule has 9 nitrogen and oxygen atoms in total. The van der Waals surface area contributed by atoms with Crippen LogP contribution in [0.1, 0.15) is 0 Å². The molecule has 0 unspecified atom stereocenters. The van der Waals surface area contributed by atoms with Gasteiger partial charge in [0, 0.05) is 25.2 Å². The summed E-state index contributed by atoms with van der Waals surface area (Å²) in [6, 6.07) is 3.94. The SMILES string of the molecule is CNCCNC(=O)CN1C(=O)COc2ccc([N+](=O)[O-])cc21. The molecule has 1 aliphatic heterocycles. The molecule has 0 aromatic heterocycles. The number of hydrogen-bond donors (Lipinski definition) is 2. The van der Waals surface area contributed by atoms with E-state index in [1.165, 1.54) is 23.1 Å². The second-order valence-corrected chi connectivity index (χ2v) is 4.63. The number of nitrogens with one attached hydrogen (secondary N) is 2. The zero-order valence-corrected chi connectivity index (χ0v) is 12.0. The average Bonchev–Trinajstić information content (AvgIpc) is 2.50. The Labute approximate surface area is 126 Å². The van der Waals surface area contributed by atoms with Crippen molar-refractivity contribution in [1.82, 2.24) is 10.6 Å². The normalized spacial score (nSPS) is 13.3. The lowest BCUT2D eigenvalue weighted by Gasteiger charge is -2.28. The highest BCUT2D eigenvalue weighted by atomic mass is 16.6. The minimum Gasteiger partial charge on any atom is -0.482 e. The summed E-state index contributed by atoms with van der Waals surface area (Å²) in [5.74, 6) is -0.423. The molecule has 1 aromatic rings. The molecule has 2 rings (SSSR count). The highest BCUT2D eigenvalue weighted by Gasteiger charge is 2.29.